The zero-order valence-electron chi connectivity index (χ0n) is 10.4. The van der Waals surface area contributed by atoms with Crippen molar-refractivity contribution in [3.8, 4) is 0 Å². The highest BCUT2D eigenvalue weighted by Crippen LogP contribution is 2.22. The van der Waals surface area contributed by atoms with Crippen LogP contribution >= 0.6 is 0 Å². The van der Waals surface area contributed by atoms with Crippen molar-refractivity contribution in [2.24, 2.45) is 0 Å². The van der Waals surface area contributed by atoms with E-state index >= 15 is 0 Å². The maximum absolute atomic E-state index is 12.4. The Kier molecular flexibility index (Phi) is 3.08. The predicted octanol–water partition coefficient (Wildman–Crippen LogP) is 2.43. The molecule has 0 aliphatic heterocycles. The van der Waals surface area contributed by atoms with Crippen LogP contribution in [0.1, 0.15) is 0 Å². The van der Waals surface area contributed by atoms with Gasteiger partial charge in [-0.1, -0.05) is 24.3 Å². The number of benzene rings is 1. The zero-order valence-corrected chi connectivity index (χ0v) is 11.2. The number of sulfonamides is 1. The molecule has 100 valence electrons. The predicted molar refractivity (Wildman–Crippen MR) is 76.8 cm³/mol. The van der Waals surface area contributed by atoms with Crippen molar-refractivity contribution in [1.82, 2.24) is 9.97 Å². The fourth-order valence-corrected chi connectivity index (χ4v) is 3.10. The Bertz CT molecular complexity index is 843. The van der Waals surface area contributed by atoms with E-state index in [1.54, 1.807) is 36.5 Å². The van der Waals surface area contributed by atoms with E-state index in [1.165, 1.54) is 12.3 Å². The molecule has 0 amide bonds. The van der Waals surface area contributed by atoms with Crippen LogP contribution in [0.5, 0.6) is 0 Å². The highest BCUT2D eigenvalue weighted by Gasteiger charge is 2.18. The quantitative estimate of drug-likeness (QED) is 0.802. The summed E-state index contributed by atoms with van der Waals surface area (Å²) in [6.45, 7) is 0. The molecule has 0 saturated carbocycles. The molecule has 0 spiro atoms. The maximum atomic E-state index is 12.4. The minimum atomic E-state index is -3.71. The van der Waals surface area contributed by atoms with Crippen molar-refractivity contribution in [3.05, 3.63) is 60.9 Å². The average Bonchev–Trinajstić information content (AvgIpc) is 2.47. The molecule has 1 N–H and O–H groups in total. The number of fused-ring (bicyclic) bond motifs is 1. The van der Waals surface area contributed by atoms with Gasteiger partial charge in [0.2, 0.25) is 0 Å². The third-order valence-corrected chi connectivity index (χ3v) is 4.18. The van der Waals surface area contributed by atoms with Gasteiger partial charge in [0.05, 0.1) is 5.52 Å². The van der Waals surface area contributed by atoms with E-state index in [4.69, 9.17) is 0 Å². The second-order valence-electron chi connectivity index (χ2n) is 4.15. The van der Waals surface area contributed by atoms with E-state index in [2.05, 4.69) is 14.7 Å². The first-order valence-corrected chi connectivity index (χ1v) is 7.43. The minimum Gasteiger partial charge on any atom is -0.263 e. The van der Waals surface area contributed by atoms with Gasteiger partial charge in [0.25, 0.3) is 10.0 Å². The lowest BCUT2D eigenvalue weighted by molar-refractivity contribution is 0.601. The summed E-state index contributed by atoms with van der Waals surface area (Å²) in [4.78, 5) is 8.25. The summed E-state index contributed by atoms with van der Waals surface area (Å²) in [5, 5.41) is 0.774. The molecule has 0 atom stereocenters. The molecule has 2 aromatic heterocycles. The van der Waals surface area contributed by atoms with Crippen LogP contribution in [-0.2, 0) is 10.0 Å². The Morgan fingerprint density at radius 3 is 2.45 bits per heavy atom. The molecule has 0 unspecified atom stereocenters. The standard InChI is InChI=1S/C14H11N3O2S/c18-20(19,17-13-8-1-2-9-15-13)12-7-3-5-11-6-4-10-16-14(11)12/h1-10H,(H,15,17). The first-order valence-electron chi connectivity index (χ1n) is 5.94. The van der Waals surface area contributed by atoms with Gasteiger partial charge >= 0.3 is 0 Å². The lowest BCUT2D eigenvalue weighted by Crippen LogP contribution is -2.14. The molecule has 0 aliphatic rings. The lowest BCUT2D eigenvalue weighted by atomic mass is 10.2. The van der Waals surface area contributed by atoms with E-state index in [1.807, 2.05) is 12.1 Å². The molecule has 0 fully saturated rings. The molecule has 0 radical (unpaired) electrons. The SMILES string of the molecule is O=S(=O)(Nc1ccccn1)c1cccc2cccnc12. The second kappa shape index (κ2) is 4.90. The molecular formula is C14H11N3O2S. The molecule has 5 nitrogen and oxygen atoms in total. The van der Waals surface area contributed by atoms with E-state index in [-0.39, 0.29) is 10.7 Å². The summed E-state index contributed by atoms with van der Waals surface area (Å²) in [6.07, 6.45) is 3.10. The van der Waals surface area contributed by atoms with Crippen LogP contribution in [0, 0.1) is 0 Å². The molecule has 0 bridgehead atoms. The van der Waals surface area contributed by atoms with Gasteiger partial charge in [-0.25, -0.2) is 13.4 Å². The Balaban J connectivity index is 2.10. The summed E-state index contributed by atoms with van der Waals surface area (Å²) in [5.74, 6) is 0.278. The van der Waals surface area contributed by atoms with Gasteiger partial charge in [0.15, 0.2) is 0 Å². The smallest absolute Gasteiger partial charge is 0.263 e. The second-order valence-corrected chi connectivity index (χ2v) is 5.80. The summed E-state index contributed by atoms with van der Waals surface area (Å²) >= 11 is 0. The number of para-hydroxylation sites is 1. The van der Waals surface area contributed by atoms with Crippen LogP contribution in [0.4, 0.5) is 5.82 Å². The van der Waals surface area contributed by atoms with E-state index in [0.29, 0.717) is 5.52 Å². The summed E-state index contributed by atoms with van der Waals surface area (Å²) < 4.78 is 27.3. The first kappa shape index (κ1) is 12.6. The number of nitrogens with zero attached hydrogens (tertiary/aromatic N) is 2. The first-order chi connectivity index (χ1) is 9.67. The molecule has 0 aliphatic carbocycles. The normalized spacial score (nSPS) is 11.4. The Hall–Kier alpha value is -2.47. The molecule has 2 heterocycles. The van der Waals surface area contributed by atoms with Crippen molar-refractivity contribution in [3.63, 3.8) is 0 Å². The van der Waals surface area contributed by atoms with Crippen LogP contribution in [0.2, 0.25) is 0 Å². The number of anilines is 1. The van der Waals surface area contributed by atoms with Crippen molar-refractivity contribution >= 4 is 26.7 Å². The Morgan fingerprint density at radius 1 is 0.850 bits per heavy atom. The van der Waals surface area contributed by atoms with E-state index < -0.39 is 10.0 Å². The van der Waals surface area contributed by atoms with Crippen molar-refractivity contribution in [2.45, 2.75) is 4.90 Å². The van der Waals surface area contributed by atoms with Crippen molar-refractivity contribution in [2.75, 3.05) is 4.72 Å². The van der Waals surface area contributed by atoms with Gasteiger partial charge in [-0.2, -0.15) is 0 Å². The topological polar surface area (TPSA) is 72.0 Å². The molecule has 3 rings (SSSR count). The minimum absolute atomic E-state index is 0.140. The van der Waals surface area contributed by atoms with Crippen molar-refractivity contribution < 1.29 is 8.42 Å². The number of aromatic nitrogens is 2. The number of rotatable bonds is 3. The van der Waals surface area contributed by atoms with Crippen molar-refractivity contribution in [1.29, 1.82) is 0 Å². The Labute approximate surface area is 116 Å². The van der Waals surface area contributed by atoms with E-state index in [0.717, 1.165) is 5.39 Å². The van der Waals surface area contributed by atoms with Gasteiger partial charge in [0, 0.05) is 17.8 Å². The zero-order chi connectivity index (χ0) is 14.0. The number of nitrogens with one attached hydrogen (secondary N) is 1. The molecule has 0 saturated heterocycles. The third kappa shape index (κ3) is 2.33. The monoisotopic (exact) mass is 285 g/mol. The number of pyridine rings is 2. The van der Waals surface area contributed by atoms with Crippen LogP contribution in [0.25, 0.3) is 10.9 Å². The third-order valence-electron chi connectivity index (χ3n) is 2.79. The van der Waals surface area contributed by atoms with Crippen LogP contribution < -0.4 is 4.72 Å². The van der Waals surface area contributed by atoms with Gasteiger partial charge < -0.3 is 0 Å². The van der Waals surface area contributed by atoms with E-state index in [9.17, 15) is 8.42 Å². The average molecular weight is 285 g/mol. The number of hydrogen-bond acceptors (Lipinski definition) is 4. The molecule has 6 heteroatoms. The highest BCUT2D eigenvalue weighted by atomic mass is 32.2. The molecule has 20 heavy (non-hydrogen) atoms. The van der Waals surface area contributed by atoms with Crippen LogP contribution in [0.3, 0.4) is 0 Å². The molecular weight excluding hydrogens is 274 g/mol. The summed E-state index contributed by atoms with van der Waals surface area (Å²) in [5.41, 5.74) is 0.443. The van der Waals surface area contributed by atoms with Crippen LogP contribution in [0.15, 0.2) is 65.8 Å². The molecule has 3 aromatic rings. The fraction of sp³-hybridized carbons (Fsp3) is 0. The van der Waals surface area contributed by atoms with Crippen LogP contribution in [-0.4, -0.2) is 18.4 Å². The molecule has 1 aromatic carbocycles. The van der Waals surface area contributed by atoms with Gasteiger partial charge in [-0.3, -0.25) is 9.71 Å². The largest absolute Gasteiger partial charge is 0.265 e. The maximum Gasteiger partial charge on any atom is 0.265 e. The highest BCUT2D eigenvalue weighted by molar-refractivity contribution is 7.93. The number of hydrogen-bond donors (Lipinski definition) is 1. The summed E-state index contributed by atoms with van der Waals surface area (Å²) in [6, 6.07) is 13.7. The summed E-state index contributed by atoms with van der Waals surface area (Å²) in [7, 11) is -3.71. The van der Waals surface area contributed by atoms with Gasteiger partial charge in [-0.05, 0) is 24.3 Å². The van der Waals surface area contributed by atoms with Gasteiger partial charge in [-0.15, -0.1) is 0 Å². The van der Waals surface area contributed by atoms with Gasteiger partial charge in [0.1, 0.15) is 10.7 Å². The Morgan fingerprint density at radius 2 is 1.65 bits per heavy atom. The lowest BCUT2D eigenvalue weighted by Gasteiger charge is -2.09. The fourth-order valence-electron chi connectivity index (χ4n) is 1.91.